The third kappa shape index (κ3) is 4.76. The first-order valence-electron chi connectivity index (χ1n) is 9.92. The molecule has 3 N–H and O–H groups in total. The van der Waals surface area contributed by atoms with E-state index in [9.17, 15) is 9.18 Å². The Kier molecular flexibility index (Phi) is 6.44. The van der Waals surface area contributed by atoms with E-state index in [1.165, 1.54) is 0 Å². The number of ether oxygens (including phenoxy) is 3. The van der Waals surface area contributed by atoms with E-state index in [0.29, 0.717) is 35.4 Å². The topological polar surface area (TPSA) is 128 Å². The molecule has 0 aromatic carbocycles. The minimum atomic E-state index is -1.55. The number of aromatic amines is 1. The summed E-state index contributed by atoms with van der Waals surface area (Å²) in [4.78, 5) is 20.5. The van der Waals surface area contributed by atoms with Gasteiger partial charge in [0.25, 0.3) is 0 Å². The highest BCUT2D eigenvalue weighted by Crippen LogP contribution is 2.33. The van der Waals surface area contributed by atoms with E-state index in [0.717, 1.165) is 0 Å². The molecular weight excluding hydrogens is 445 g/mol. The number of hydrogen-bond donors (Lipinski definition) is 3. The van der Waals surface area contributed by atoms with Crippen molar-refractivity contribution in [1.82, 2.24) is 29.9 Å². The highest BCUT2D eigenvalue weighted by molar-refractivity contribution is 6.29. The third-order valence-electron chi connectivity index (χ3n) is 4.66. The van der Waals surface area contributed by atoms with Crippen LogP contribution in [0.1, 0.15) is 31.3 Å². The number of nitrogens with zero attached hydrogens (tertiary/aromatic N) is 4. The normalized spacial score (nSPS) is 20.8. The Hall–Kier alpha value is -2.96. The number of alkyl carbamates (subject to hydrolysis) is 1. The minimum absolute atomic E-state index is 0.0626. The number of halogens is 2. The molecule has 0 radical (unpaired) electrons. The van der Waals surface area contributed by atoms with E-state index in [1.54, 1.807) is 43.7 Å². The average Bonchev–Trinajstić information content (AvgIpc) is 3.41. The average molecular weight is 468 g/mol. The molecule has 172 valence electrons. The number of aromatic nitrogens is 5. The van der Waals surface area contributed by atoms with Crippen molar-refractivity contribution in [3.8, 4) is 0 Å². The largest absolute Gasteiger partial charge is 0.441 e. The van der Waals surface area contributed by atoms with Gasteiger partial charge < -0.3 is 24.8 Å². The van der Waals surface area contributed by atoms with E-state index >= 15 is 0 Å². The second kappa shape index (κ2) is 9.27. The summed E-state index contributed by atoms with van der Waals surface area (Å²) in [5.41, 5.74) is 1.67. The van der Waals surface area contributed by atoms with Crippen molar-refractivity contribution in [3.05, 3.63) is 34.9 Å². The van der Waals surface area contributed by atoms with Gasteiger partial charge in [-0.3, -0.25) is 9.50 Å². The Bertz CT molecular complexity index is 1100. The number of amides is 1. The second-order valence-electron chi connectivity index (χ2n) is 7.57. The molecule has 4 heterocycles. The van der Waals surface area contributed by atoms with Crippen molar-refractivity contribution in [2.24, 2.45) is 0 Å². The number of imidazole rings is 1. The second-order valence-corrected chi connectivity index (χ2v) is 7.96. The maximum Gasteiger partial charge on any atom is 0.407 e. The predicted molar refractivity (Wildman–Crippen MR) is 113 cm³/mol. The molecule has 1 aliphatic heterocycles. The zero-order valence-electron chi connectivity index (χ0n) is 17.6. The molecule has 13 heteroatoms. The van der Waals surface area contributed by atoms with Crippen LogP contribution in [-0.4, -0.2) is 62.7 Å². The van der Waals surface area contributed by atoms with Gasteiger partial charge in [-0.15, -0.1) is 0 Å². The molecule has 32 heavy (non-hydrogen) atoms. The smallest absolute Gasteiger partial charge is 0.407 e. The molecule has 0 spiro atoms. The Morgan fingerprint density at radius 1 is 1.44 bits per heavy atom. The van der Waals surface area contributed by atoms with Crippen molar-refractivity contribution in [1.29, 1.82) is 0 Å². The molecule has 3 aromatic heterocycles. The molecule has 1 saturated heterocycles. The minimum Gasteiger partial charge on any atom is -0.441 e. The fraction of sp³-hybridized carbons (Fsp3) is 0.474. The maximum atomic E-state index is 14.9. The van der Waals surface area contributed by atoms with Crippen LogP contribution >= 0.6 is 11.6 Å². The zero-order valence-corrected chi connectivity index (χ0v) is 18.4. The lowest BCUT2D eigenvalue weighted by Crippen LogP contribution is -2.36. The van der Waals surface area contributed by atoms with Gasteiger partial charge >= 0.3 is 6.09 Å². The highest BCUT2D eigenvalue weighted by atomic mass is 35.5. The number of carbonyl (C=O) groups excluding carboxylic acids is 1. The fourth-order valence-corrected chi connectivity index (χ4v) is 3.50. The first-order chi connectivity index (χ1) is 15.3. The van der Waals surface area contributed by atoms with Crippen LogP contribution < -0.4 is 10.6 Å². The summed E-state index contributed by atoms with van der Waals surface area (Å²) in [6, 6.07) is 3.10. The standard InChI is InChI=1S/C19H23ClFN7O4/c1-9(2)22-19(29)32-12-8-31-17(16(12)21)11-4-14(27-26-11)25-18-24-13(20)5-15-23-10(7-30-3)6-28(15)18/h4-6,9,12,16-17H,7-8H2,1-3H3,(H,22,29)(H2,24,25,26,27)/t12-,16-,17-/m1/s1. The number of nitrogens with one attached hydrogen (secondary N) is 3. The van der Waals surface area contributed by atoms with Crippen molar-refractivity contribution < 1.29 is 23.4 Å². The van der Waals surface area contributed by atoms with Crippen LogP contribution in [0.25, 0.3) is 5.65 Å². The van der Waals surface area contributed by atoms with Crippen LogP contribution in [0.4, 0.5) is 21.0 Å². The van der Waals surface area contributed by atoms with Crippen LogP contribution in [0.15, 0.2) is 18.3 Å². The molecule has 1 amide bonds. The van der Waals surface area contributed by atoms with Gasteiger partial charge in [0.1, 0.15) is 16.9 Å². The Morgan fingerprint density at radius 2 is 2.25 bits per heavy atom. The monoisotopic (exact) mass is 467 g/mol. The highest BCUT2D eigenvalue weighted by Gasteiger charge is 2.42. The van der Waals surface area contributed by atoms with Gasteiger partial charge in [-0.05, 0) is 13.8 Å². The van der Waals surface area contributed by atoms with Crippen molar-refractivity contribution in [2.75, 3.05) is 19.0 Å². The van der Waals surface area contributed by atoms with Gasteiger partial charge in [0, 0.05) is 31.5 Å². The predicted octanol–water partition coefficient (Wildman–Crippen LogP) is 2.91. The first kappa shape index (κ1) is 22.2. The van der Waals surface area contributed by atoms with E-state index in [1.807, 2.05) is 0 Å². The Labute approximate surface area is 187 Å². The number of H-pyrrole nitrogens is 1. The van der Waals surface area contributed by atoms with Crippen LogP contribution in [0, 0.1) is 0 Å². The summed E-state index contributed by atoms with van der Waals surface area (Å²) in [5, 5.41) is 12.7. The Balaban J connectivity index is 1.47. The summed E-state index contributed by atoms with van der Waals surface area (Å²) in [7, 11) is 1.58. The number of alkyl halides is 1. The molecule has 3 atom stereocenters. The summed E-state index contributed by atoms with van der Waals surface area (Å²) in [6.07, 6.45) is -2.45. The van der Waals surface area contributed by atoms with Gasteiger partial charge in [0.15, 0.2) is 18.1 Å². The molecule has 1 fully saturated rings. The molecular formula is C19H23ClFN7O4. The lowest BCUT2D eigenvalue weighted by atomic mass is 10.1. The van der Waals surface area contributed by atoms with Gasteiger partial charge in [-0.1, -0.05) is 11.6 Å². The van der Waals surface area contributed by atoms with Crippen molar-refractivity contribution in [2.45, 2.75) is 44.9 Å². The zero-order chi connectivity index (χ0) is 22.8. The molecule has 11 nitrogen and oxygen atoms in total. The van der Waals surface area contributed by atoms with E-state index in [2.05, 4.69) is 30.8 Å². The van der Waals surface area contributed by atoms with Crippen molar-refractivity contribution >= 4 is 35.1 Å². The number of methoxy groups -OCH3 is 1. The molecule has 4 rings (SSSR count). The summed E-state index contributed by atoms with van der Waals surface area (Å²) >= 11 is 6.11. The SMILES string of the molecule is COCc1cn2c(Nc3cc([C@H]4OC[C@@H](OC(=O)NC(C)C)[C@H]4F)[nH]n3)nc(Cl)cc2n1. The number of fused-ring (bicyclic) bond motifs is 1. The lowest BCUT2D eigenvalue weighted by Gasteiger charge is -2.16. The molecule has 0 bridgehead atoms. The van der Waals surface area contributed by atoms with Crippen LogP contribution in [0.2, 0.25) is 5.15 Å². The van der Waals surface area contributed by atoms with Gasteiger partial charge in [-0.25, -0.2) is 19.2 Å². The molecule has 1 aliphatic rings. The van der Waals surface area contributed by atoms with E-state index in [-0.39, 0.29) is 17.8 Å². The molecule has 0 aliphatic carbocycles. The first-order valence-corrected chi connectivity index (χ1v) is 10.3. The van der Waals surface area contributed by atoms with E-state index in [4.69, 9.17) is 25.8 Å². The molecule has 0 saturated carbocycles. The van der Waals surface area contributed by atoms with Gasteiger partial charge in [0.05, 0.1) is 24.6 Å². The number of hydrogen-bond acceptors (Lipinski definition) is 8. The van der Waals surface area contributed by atoms with Crippen LogP contribution in [0.5, 0.6) is 0 Å². The fourth-order valence-electron chi connectivity index (χ4n) is 3.32. The molecule has 0 unspecified atom stereocenters. The summed E-state index contributed by atoms with van der Waals surface area (Å²) in [6.45, 7) is 3.84. The third-order valence-corrected chi connectivity index (χ3v) is 4.85. The number of rotatable bonds is 7. The summed E-state index contributed by atoms with van der Waals surface area (Å²) in [5.74, 6) is 0.742. The Morgan fingerprint density at radius 3 is 3.00 bits per heavy atom. The quantitative estimate of drug-likeness (QED) is 0.452. The van der Waals surface area contributed by atoms with Crippen LogP contribution in [0.3, 0.4) is 0 Å². The van der Waals surface area contributed by atoms with Crippen molar-refractivity contribution in [3.63, 3.8) is 0 Å². The van der Waals surface area contributed by atoms with Crippen LogP contribution in [-0.2, 0) is 20.8 Å². The van der Waals surface area contributed by atoms with Gasteiger partial charge in [-0.2, -0.15) is 5.10 Å². The maximum absolute atomic E-state index is 14.9. The number of anilines is 2. The van der Waals surface area contributed by atoms with E-state index < -0.39 is 24.5 Å². The van der Waals surface area contributed by atoms with Gasteiger partial charge in [0.2, 0.25) is 5.95 Å². The summed E-state index contributed by atoms with van der Waals surface area (Å²) < 4.78 is 32.3. The lowest BCUT2D eigenvalue weighted by molar-refractivity contribution is 0.0615. The number of carbonyl (C=O) groups is 1. The molecule has 3 aromatic rings.